The zero-order valence-corrected chi connectivity index (χ0v) is 12.0. The molecule has 0 aromatic heterocycles. The second-order valence-electron chi connectivity index (χ2n) is 3.80. The zero-order chi connectivity index (χ0) is 13.0. The summed E-state index contributed by atoms with van der Waals surface area (Å²) >= 11 is 14.0. The Hall–Kier alpha value is -0.670. The monoisotopic (exact) mass is 297 g/mol. The fourth-order valence-corrected chi connectivity index (χ4v) is 3.22. The van der Waals surface area contributed by atoms with E-state index in [1.165, 1.54) is 0 Å². The highest BCUT2D eigenvalue weighted by Crippen LogP contribution is 2.39. The summed E-state index contributed by atoms with van der Waals surface area (Å²) in [5, 5.41) is 1.48. The van der Waals surface area contributed by atoms with Crippen molar-refractivity contribution in [2.45, 2.75) is 16.2 Å². The van der Waals surface area contributed by atoms with Crippen molar-refractivity contribution in [2.24, 2.45) is 5.73 Å². The van der Waals surface area contributed by atoms with Gasteiger partial charge < -0.3 is 5.73 Å². The molecule has 0 aliphatic carbocycles. The van der Waals surface area contributed by atoms with Gasteiger partial charge in [0.1, 0.15) is 0 Å². The lowest BCUT2D eigenvalue weighted by Crippen LogP contribution is -2.03. The van der Waals surface area contributed by atoms with E-state index in [1.54, 1.807) is 11.8 Å². The van der Waals surface area contributed by atoms with E-state index in [2.05, 4.69) is 6.07 Å². The van der Waals surface area contributed by atoms with Gasteiger partial charge in [0.2, 0.25) is 0 Å². The minimum absolute atomic E-state index is 0.608. The summed E-state index contributed by atoms with van der Waals surface area (Å²) in [5.41, 5.74) is 6.79. The van der Waals surface area contributed by atoms with Crippen molar-refractivity contribution in [3.63, 3.8) is 0 Å². The lowest BCUT2D eigenvalue weighted by molar-refractivity contribution is 0.944. The Morgan fingerprint density at radius 3 is 2.39 bits per heavy atom. The smallest absolute Gasteiger partial charge is 0.0548 e. The molecule has 0 heterocycles. The zero-order valence-electron chi connectivity index (χ0n) is 9.70. The van der Waals surface area contributed by atoms with Crippen molar-refractivity contribution in [1.29, 1.82) is 0 Å². The van der Waals surface area contributed by atoms with Gasteiger partial charge in [0.15, 0.2) is 0 Å². The number of hydrogen-bond acceptors (Lipinski definition) is 2. The van der Waals surface area contributed by atoms with Crippen LogP contribution < -0.4 is 5.73 Å². The number of nitrogens with two attached hydrogens (primary N) is 1. The lowest BCUT2D eigenvalue weighted by atomic mass is 10.1. The SMILES string of the molecule is NCCc1cccc(Cl)c1Sc1ccccc1Cl. The van der Waals surface area contributed by atoms with Gasteiger partial charge in [-0.3, -0.25) is 0 Å². The van der Waals surface area contributed by atoms with Crippen molar-refractivity contribution >= 4 is 35.0 Å². The number of hydrogen-bond donors (Lipinski definition) is 1. The number of halogens is 2. The second kappa shape index (κ2) is 6.48. The number of benzene rings is 2. The Morgan fingerprint density at radius 1 is 0.944 bits per heavy atom. The Kier molecular flexibility index (Phi) is 4.95. The predicted molar refractivity (Wildman–Crippen MR) is 79.8 cm³/mol. The largest absolute Gasteiger partial charge is 0.330 e. The van der Waals surface area contributed by atoms with Crippen LogP contribution in [-0.4, -0.2) is 6.54 Å². The van der Waals surface area contributed by atoms with Crippen LogP contribution in [0.15, 0.2) is 52.3 Å². The highest BCUT2D eigenvalue weighted by atomic mass is 35.5. The molecular formula is C14H13Cl2NS. The van der Waals surface area contributed by atoms with Gasteiger partial charge in [0, 0.05) is 9.79 Å². The molecule has 0 radical (unpaired) electrons. The van der Waals surface area contributed by atoms with Crippen molar-refractivity contribution in [3.8, 4) is 0 Å². The summed E-state index contributed by atoms with van der Waals surface area (Å²) < 4.78 is 0. The van der Waals surface area contributed by atoms with Crippen LogP contribution in [0.4, 0.5) is 0 Å². The first-order chi connectivity index (χ1) is 8.72. The fraction of sp³-hybridized carbons (Fsp3) is 0.143. The van der Waals surface area contributed by atoms with Crippen molar-refractivity contribution in [1.82, 2.24) is 0 Å². The van der Waals surface area contributed by atoms with Crippen molar-refractivity contribution < 1.29 is 0 Å². The fourth-order valence-electron chi connectivity index (χ4n) is 1.66. The summed E-state index contributed by atoms with van der Waals surface area (Å²) in [6.07, 6.45) is 0.813. The normalized spacial score (nSPS) is 10.6. The van der Waals surface area contributed by atoms with E-state index in [4.69, 9.17) is 28.9 Å². The van der Waals surface area contributed by atoms with Gasteiger partial charge in [0.25, 0.3) is 0 Å². The lowest BCUT2D eigenvalue weighted by Gasteiger charge is -2.11. The molecule has 1 nitrogen and oxygen atoms in total. The molecule has 4 heteroatoms. The van der Waals surface area contributed by atoms with Gasteiger partial charge in [-0.1, -0.05) is 59.2 Å². The molecule has 18 heavy (non-hydrogen) atoms. The third-order valence-electron chi connectivity index (χ3n) is 2.51. The van der Waals surface area contributed by atoms with Crippen molar-refractivity contribution in [3.05, 3.63) is 58.1 Å². The van der Waals surface area contributed by atoms with Crippen LogP contribution in [0.5, 0.6) is 0 Å². The summed E-state index contributed by atoms with van der Waals surface area (Å²) in [4.78, 5) is 2.04. The Bertz CT molecular complexity index is 543. The molecule has 0 saturated carbocycles. The first-order valence-electron chi connectivity index (χ1n) is 5.62. The van der Waals surface area contributed by atoms with Crippen LogP contribution >= 0.6 is 35.0 Å². The molecule has 0 amide bonds. The molecule has 2 aromatic carbocycles. The van der Waals surface area contributed by atoms with Crippen LogP contribution in [0.1, 0.15) is 5.56 Å². The quantitative estimate of drug-likeness (QED) is 0.889. The van der Waals surface area contributed by atoms with Crippen LogP contribution in [0.2, 0.25) is 10.0 Å². The Balaban J connectivity index is 2.36. The van der Waals surface area contributed by atoms with E-state index in [-0.39, 0.29) is 0 Å². The third kappa shape index (κ3) is 3.21. The molecule has 0 aliphatic rings. The van der Waals surface area contributed by atoms with Crippen molar-refractivity contribution in [2.75, 3.05) is 6.54 Å². The van der Waals surface area contributed by atoms with Gasteiger partial charge in [-0.15, -0.1) is 0 Å². The minimum atomic E-state index is 0.608. The van der Waals surface area contributed by atoms with E-state index in [0.717, 1.165) is 31.8 Å². The van der Waals surface area contributed by atoms with Crippen LogP contribution in [0.25, 0.3) is 0 Å². The third-order valence-corrected chi connectivity index (χ3v) is 4.64. The first kappa shape index (κ1) is 13.8. The van der Waals surface area contributed by atoms with E-state index >= 15 is 0 Å². The Morgan fingerprint density at radius 2 is 1.67 bits per heavy atom. The molecule has 2 N–H and O–H groups in total. The Labute approximate surface area is 121 Å². The summed E-state index contributed by atoms with van der Waals surface area (Å²) in [6.45, 7) is 0.608. The predicted octanol–water partition coefficient (Wildman–Crippen LogP) is 4.65. The molecular weight excluding hydrogens is 285 g/mol. The minimum Gasteiger partial charge on any atom is -0.330 e. The highest BCUT2D eigenvalue weighted by Gasteiger charge is 2.10. The van der Waals surface area contributed by atoms with E-state index in [9.17, 15) is 0 Å². The van der Waals surface area contributed by atoms with Gasteiger partial charge >= 0.3 is 0 Å². The maximum absolute atomic E-state index is 6.26. The topological polar surface area (TPSA) is 26.0 Å². The van der Waals surface area contributed by atoms with Crippen LogP contribution in [0, 0.1) is 0 Å². The maximum atomic E-state index is 6.26. The maximum Gasteiger partial charge on any atom is 0.0548 e. The molecule has 0 unspecified atom stereocenters. The van der Waals surface area contributed by atoms with E-state index < -0.39 is 0 Å². The summed E-state index contributed by atoms with van der Waals surface area (Å²) in [5.74, 6) is 0. The van der Waals surface area contributed by atoms with Gasteiger partial charge in [-0.05, 0) is 36.7 Å². The molecule has 0 fully saturated rings. The second-order valence-corrected chi connectivity index (χ2v) is 5.67. The average Bonchev–Trinajstić information content (AvgIpc) is 2.36. The average molecular weight is 298 g/mol. The van der Waals surface area contributed by atoms with Crippen LogP contribution in [0.3, 0.4) is 0 Å². The summed E-state index contributed by atoms with van der Waals surface area (Å²) in [7, 11) is 0. The van der Waals surface area contributed by atoms with Crippen LogP contribution in [-0.2, 0) is 6.42 Å². The molecule has 0 atom stereocenters. The molecule has 2 aromatic rings. The van der Waals surface area contributed by atoms with Gasteiger partial charge in [0.05, 0.1) is 10.0 Å². The standard InChI is InChI=1S/C14H13Cl2NS/c15-11-5-1-2-7-13(11)18-14-10(8-9-17)4-3-6-12(14)16/h1-7H,8-9,17H2. The molecule has 2 rings (SSSR count). The van der Waals surface area contributed by atoms with E-state index in [1.807, 2.05) is 36.4 Å². The molecule has 0 aliphatic heterocycles. The number of rotatable bonds is 4. The van der Waals surface area contributed by atoms with Gasteiger partial charge in [-0.2, -0.15) is 0 Å². The van der Waals surface area contributed by atoms with E-state index in [0.29, 0.717) is 6.54 Å². The first-order valence-corrected chi connectivity index (χ1v) is 7.19. The van der Waals surface area contributed by atoms with Gasteiger partial charge in [-0.25, -0.2) is 0 Å². The molecule has 0 spiro atoms. The molecule has 0 saturated heterocycles. The molecule has 94 valence electrons. The highest BCUT2D eigenvalue weighted by molar-refractivity contribution is 7.99. The summed E-state index contributed by atoms with van der Waals surface area (Å²) in [6, 6.07) is 13.6. The molecule has 0 bridgehead atoms.